The van der Waals surface area contributed by atoms with Gasteiger partial charge in [0.25, 0.3) is 11.5 Å². The number of ether oxygens (including phenoxy) is 2. The number of nitrogens with zero attached hydrogens (tertiary/aromatic N) is 3. The van der Waals surface area contributed by atoms with Crippen LogP contribution in [0, 0.1) is 0 Å². The Labute approximate surface area is 209 Å². The number of amides is 1. The molecule has 0 saturated carbocycles. The van der Waals surface area contributed by atoms with E-state index in [1.165, 1.54) is 12.1 Å². The number of hydrogen-bond acceptors (Lipinski definition) is 5. The van der Waals surface area contributed by atoms with E-state index in [-0.39, 0.29) is 35.2 Å². The van der Waals surface area contributed by atoms with Gasteiger partial charge in [-0.2, -0.15) is 13.2 Å². The fourth-order valence-corrected chi connectivity index (χ4v) is 4.21. The fourth-order valence-electron chi connectivity index (χ4n) is 4.21. The molecule has 1 aliphatic rings. The topological polar surface area (TPSA) is 73.7 Å². The van der Waals surface area contributed by atoms with Crippen LogP contribution in [0.5, 0.6) is 5.75 Å². The summed E-state index contributed by atoms with van der Waals surface area (Å²) in [7, 11) is 0. The minimum Gasteiger partial charge on any atom is -0.485 e. The Kier molecular flexibility index (Phi) is 6.66. The molecule has 37 heavy (non-hydrogen) atoms. The molecule has 1 amide bonds. The number of benzene rings is 3. The van der Waals surface area contributed by atoms with E-state index in [1.54, 1.807) is 53.4 Å². The van der Waals surface area contributed by atoms with E-state index in [0.29, 0.717) is 37.4 Å². The number of fused-ring (bicyclic) bond motifs is 1. The summed E-state index contributed by atoms with van der Waals surface area (Å²) in [6.07, 6.45) is -4.58. The number of rotatable bonds is 5. The van der Waals surface area contributed by atoms with Crippen LogP contribution in [0.25, 0.3) is 16.6 Å². The van der Waals surface area contributed by atoms with Crippen molar-refractivity contribution in [3.05, 3.63) is 100 Å². The molecule has 2 heterocycles. The van der Waals surface area contributed by atoms with Crippen molar-refractivity contribution in [3.8, 4) is 11.4 Å². The first-order valence-electron chi connectivity index (χ1n) is 11.6. The third-order valence-corrected chi connectivity index (χ3v) is 6.05. The molecule has 10 heteroatoms. The summed E-state index contributed by atoms with van der Waals surface area (Å²) in [6.45, 7) is 1.53. The van der Waals surface area contributed by atoms with Gasteiger partial charge in [0.15, 0.2) is 5.82 Å². The van der Waals surface area contributed by atoms with Gasteiger partial charge < -0.3 is 14.4 Å². The molecule has 0 aliphatic carbocycles. The maximum atomic E-state index is 13.4. The number of carbonyl (C=O) groups is 1. The molecular formula is C27H22F3N3O4. The zero-order valence-electron chi connectivity index (χ0n) is 19.6. The highest BCUT2D eigenvalue weighted by Crippen LogP contribution is 2.30. The Morgan fingerprint density at radius 3 is 2.49 bits per heavy atom. The van der Waals surface area contributed by atoms with Crippen LogP contribution in [0.1, 0.15) is 21.7 Å². The lowest BCUT2D eigenvalue weighted by molar-refractivity contribution is -0.137. The van der Waals surface area contributed by atoms with Crippen LogP contribution in [0.4, 0.5) is 13.2 Å². The van der Waals surface area contributed by atoms with Gasteiger partial charge in [-0.25, -0.2) is 4.98 Å². The lowest BCUT2D eigenvalue weighted by Gasteiger charge is -2.27. The van der Waals surface area contributed by atoms with Gasteiger partial charge in [0.2, 0.25) is 0 Å². The Bertz CT molecular complexity index is 1510. The molecule has 0 unspecified atom stereocenters. The molecule has 190 valence electrons. The number of alkyl halides is 3. The van der Waals surface area contributed by atoms with Crippen molar-refractivity contribution in [2.45, 2.75) is 12.8 Å². The smallest absolute Gasteiger partial charge is 0.416 e. The average molecular weight is 509 g/mol. The molecule has 4 aromatic rings. The normalized spacial score (nSPS) is 14.1. The predicted octanol–water partition coefficient (Wildman–Crippen LogP) is 4.46. The van der Waals surface area contributed by atoms with Crippen LogP contribution in [0.2, 0.25) is 0 Å². The Balaban J connectivity index is 1.55. The Hall–Kier alpha value is -4.18. The van der Waals surface area contributed by atoms with Gasteiger partial charge >= 0.3 is 6.18 Å². The second-order valence-corrected chi connectivity index (χ2v) is 8.42. The lowest BCUT2D eigenvalue weighted by Crippen LogP contribution is -2.40. The Morgan fingerprint density at radius 1 is 0.973 bits per heavy atom. The quantitative estimate of drug-likeness (QED) is 0.397. The van der Waals surface area contributed by atoms with Crippen molar-refractivity contribution >= 4 is 16.8 Å². The zero-order valence-corrected chi connectivity index (χ0v) is 19.6. The van der Waals surface area contributed by atoms with Crippen molar-refractivity contribution in [2.75, 3.05) is 26.3 Å². The number of hydrogen-bond donors (Lipinski definition) is 0. The highest BCUT2D eigenvalue weighted by Gasteiger charge is 2.31. The monoisotopic (exact) mass is 509 g/mol. The van der Waals surface area contributed by atoms with E-state index in [0.717, 1.165) is 16.7 Å². The van der Waals surface area contributed by atoms with Crippen molar-refractivity contribution in [1.82, 2.24) is 14.5 Å². The van der Waals surface area contributed by atoms with Crippen LogP contribution >= 0.6 is 0 Å². The molecule has 0 atom stereocenters. The van der Waals surface area contributed by atoms with Crippen molar-refractivity contribution in [3.63, 3.8) is 0 Å². The standard InChI is InChI=1S/C27H22F3N3O4/c28-27(29,30)18-6-5-7-19(16-18)33-24(31-22-10-3-1-8-20(22)26(33)35)17-37-23-11-4-2-9-21(23)25(34)32-12-14-36-15-13-32/h1-11,16H,12-15,17H2. The van der Waals surface area contributed by atoms with E-state index >= 15 is 0 Å². The third-order valence-electron chi connectivity index (χ3n) is 6.05. The van der Waals surface area contributed by atoms with Crippen LogP contribution in [0.15, 0.2) is 77.6 Å². The van der Waals surface area contributed by atoms with Gasteiger partial charge in [-0.3, -0.25) is 14.2 Å². The molecule has 1 saturated heterocycles. The molecule has 5 rings (SSSR count). The van der Waals surface area contributed by atoms with Crippen molar-refractivity contribution in [2.24, 2.45) is 0 Å². The SMILES string of the molecule is O=C(c1ccccc1OCc1nc2ccccc2c(=O)n1-c1cccc(C(F)(F)F)c1)N1CCOCC1. The third kappa shape index (κ3) is 5.05. The largest absolute Gasteiger partial charge is 0.485 e. The summed E-state index contributed by atoms with van der Waals surface area (Å²) >= 11 is 0. The number of para-hydroxylation sites is 2. The summed E-state index contributed by atoms with van der Waals surface area (Å²) in [4.78, 5) is 32.7. The van der Waals surface area contributed by atoms with Gasteiger partial charge in [-0.15, -0.1) is 0 Å². The van der Waals surface area contributed by atoms with Gasteiger partial charge in [0, 0.05) is 13.1 Å². The van der Waals surface area contributed by atoms with E-state index in [4.69, 9.17) is 9.47 Å². The maximum Gasteiger partial charge on any atom is 0.416 e. The molecule has 7 nitrogen and oxygen atoms in total. The first-order chi connectivity index (χ1) is 17.8. The molecule has 0 radical (unpaired) electrons. The molecule has 0 spiro atoms. The lowest BCUT2D eigenvalue weighted by atomic mass is 10.1. The molecule has 0 bridgehead atoms. The molecule has 1 aromatic heterocycles. The van der Waals surface area contributed by atoms with Crippen LogP contribution in [-0.2, 0) is 17.5 Å². The van der Waals surface area contributed by atoms with Gasteiger partial charge in [0.1, 0.15) is 12.4 Å². The molecule has 1 fully saturated rings. The minimum atomic E-state index is -4.58. The van der Waals surface area contributed by atoms with Crippen LogP contribution in [0.3, 0.4) is 0 Å². The molecule has 0 N–H and O–H groups in total. The van der Waals surface area contributed by atoms with Crippen LogP contribution in [-0.4, -0.2) is 46.7 Å². The summed E-state index contributed by atoms with van der Waals surface area (Å²) in [6, 6.07) is 17.8. The highest BCUT2D eigenvalue weighted by molar-refractivity contribution is 5.97. The number of halogens is 3. The van der Waals surface area contributed by atoms with E-state index in [9.17, 15) is 22.8 Å². The molecule has 3 aromatic carbocycles. The second kappa shape index (κ2) is 10.1. The predicted molar refractivity (Wildman–Crippen MR) is 130 cm³/mol. The minimum absolute atomic E-state index is 0.00866. The second-order valence-electron chi connectivity index (χ2n) is 8.42. The van der Waals surface area contributed by atoms with Crippen molar-refractivity contribution < 1.29 is 27.4 Å². The first-order valence-corrected chi connectivity index (χ1v) is 11.6. The number of aromatic nitrogens is 2. The molecule has 1 aliphatic heterocycles. The average Bonchev–Trinajstić information content (AvgIpc) is 2.92. The maximum absolute atomic E-state index is 13.4. The summed E-state index contributed by atoms with van der Waals surface area (Å²) in [5.74, 6) is 0.147. The summed E-state index contributed by atoms with van der Waals surface area (Å²) < 4.78 is 52.6. The Morgan fingerprint density at radius 2 is 1.70 bits per heavy atom. The fraction of sp³-hybridized carbons (Fsp3) is 0.222. The van der Waals surface area contributed by atoms with E-state index in [2.05, 4.69) is 4.98 Å². The van der Waals surface area contributed by atoms with Crippen molar-refractivity contribution in [1.29, 1.82) is 0 Å². The first kappa shape index (κ1) is 24.5. The molecular weight excluding hydrogens is 487 g/mol. The number of morpholine rings is 1. The van der Waals surface area contributed by atoms with Gasteiger partial charge in [-0.05, 0) is 42.5 Å². The summed E-state index contributed by atoms with van der Waals surface area (Å²) in [5.41, 5.74) is -0.695. The number of carbonyl (C=O) groups excluding carboxylic acids is 1. The van der Waals surface area contributed by atoms with Gasteiger partial charge in [0.05, 0.1) is 40.9 Å². The van der Waals surface area contributed by atoms with Gasteiger partial charge in [-0.1, -0.05) is 30.3 Å². The van der Waals surface area contributed by atoms with E-state index in [1.807, 2.05) is 0 Å². The van der Waals surface area contributed by atoms with E-state index < -0.39 is 17.3 Å². The van der Waals surface area contributed by atoms with Crippen LogP contribution < -0.4 is 10.3 Å². The highest BCUT2D eigenvalue weighted by atomic mass is 19.4. The zero-order chi connectivity index (χ0) is 26.0. The summed E-state index contributed by atoms with van der Waals surface area (Å²) in [5, 5.41) is 0.256.